The topological polar surface area (TPSA) is 38.8 Å². The molecule has 0 aromatic heterocycles. The van der Waals surface area contributed by atoms with Crippen molar-refractivity contribution in [1.82, 2.24) is 4.90 Å². The second kappa shape index (κ2) is 8.61. The summed E-state index contributed by atoms with van der Waals surface area (Å²) in [6, 6.07) is 9.65. The van der Waals surface area contributed by atoms with Crippen LogP contribution in [-0.4, -0.2) is 42.7 Å². The van der Waals surface area contributed by atoms with Crippen molar-refractivity contribution in [2.75, 3.05) is 19.7 Å². The van der Waals surface area contributed by atoms with Crippen LogP contribution in [0.1, 0.15) is 75.8 Å². The van der Waals surface area contributed by atoms with Crippen LogP contribution in [0.15, 0.2) is 41.7 Å². The lowest BCUT2D eigenvalue weighted by molar-refractivity contribution is -0.142. The number of carbonyl (C=O) groups excluding carboxylic acids is 1. The van der Waals surface area contributed by atoms with Crippen molar-refractivity contribution in [3.63, 3.8) is 0 Å². The molecular weight excluding hydrogens is 410 g/mol. The summed E-state index contributed by atoms with van der Waals surface area (Å²) in [5.74, 6) is 1.96. The van der Waals surface area contributed by atoms with Gasteiger partial charge < -0.3 is 9.47 Å². The number of hydrogen-bond donors (Lipinski definition) is 0. The van der Waals surface area contributed by atoms with Gasteiger partial charge in [-0.2, -0.15) is 0 Å². The predicted octanol–water partition coefficient (Wildman–Crippen LogP) is 5.69. The van der Waals surface area contributed by atoms with Crippen LogP contribution in [0, 0.1) is 17.8 Å². The van der Waals surface area contributed by atoms with Crippen molar-refractivity contribution in [3.8, 4) is 0 Å². The zero-order valence-corrected chi connectivity index (χ0v) is 20.1. The van der Waals surface area contributed by atoms with Crippen molar-refractivity contribution in [1.29, 1.82) is 0 Å². The molecule has 33 heavy (non-hydrogen) atoms. The third kappa shape index (κ3) is 3.56. The number of piperidine rings is 1. The summed E-state index contributed by atoms with van der Waals surface area (Å²) in [4.78, 5) is 15.7. The van der Waals surface area contributed by atoms with Crippen molar-refractivity contribution < 1.29 is 14.3 Å². The van der Waals surface area contributed by atoms with E-state index in [0.29, 0.717) is 18.6 Å². The lowest BCUT2D eigenvalue weighted by Crippen LogP contribution is -2.55. The number of unbranched alkanes of at least 4 members (excludes halogenated alkanes) is 1. The fourth-order valence-corrected chi connectivity index (χ4v) is 7.28. The van der Waals surface area contributed by atoms with Gasteiger partial charge in [0.05, 0.1) is 24.5 Å². The summed E-state index contributed by atoms with van der Waals surface area (Å²) in [6.07, 6.45) is 9.92. The highest BCUT2D eigenvalue weighted by atomic mass is 16.5. The fraction of sp³-hybridized carbons (Fsp3) is 0.621. The molecule has 1 saturated heterocycles. The highest BCUT2D eigenvalue weighted by molar-refractivity contribution is 5.89. The van der Waals surface area contributed by atoms with Gasteiger partial charge in [0.2, 0.25) is 0 Å². The van der Waals surface area contributed by atoms with Crippen LogP contribution in [0.5, 0.6) is 0 Å². The average Bonchev–Trinajstić information content (AvgIpc) is 2.90. The van der Waals surface area contributed by atoms with Gasteiger partial charge in [0.15, 0.2) is 0 Å². The molecular formula is C29H37NO3. The van der Waals surface area contributed by atoms with Gasteiger partial charge in [-0.05, 0) is 79.6 Å². The minimum Gasteiger partial charge on any atom is -0.497 e. The smallest absolute Gasteiger partial charge is 0.337 e. The normalized spacial score (nSPS) is 34.8. The molecule has 4 nitrogen and oxygen atoms in total. The monoisotopic (exact) mass is 447 g/mol. The van der Waals surface area contributed by atoms with Crippen molar-refractivity contribution in [2.24, 2.45) is 17.8 Å². The summed E-state index contributed by atoms with van der Waals surface area (Å²) in [5, 5.41) is 0. The van der Waals surface area contributed by atoms with Crippen LogP contribution in [0.25, 0.3) is 5.57 Å². The molecule has 0 radical (unpaired) electrons. The van der Waals surface area contributed by atoms with E-state index >= 15 is 0 Å². The molecule has 6 atom stereocenters. The minimum absolute atomic E-state index is 0.143. The number of hydrogen-bond acceptors (Lipinski definition) is 4. The van der Waals surface area contributed by atoms with E-state index in [4.69, 9.17) is 9.47 Å². The Morgan fingerprint density at radius 1 is 1.21 bits per heavy atom. The highest BCUT2D eigenvalue weighted by Gasteiger charge is 2.48. The van der Waals surface area contributed by atoms with Crippen molar-refractivity contribution in [2.45, 2.75) is 76.9 Å². The zero-order chi connectivity index (χ0) is 22.5. The van der Waals surface area contributed by atoms with E-state index in [1.54, 1.807) is 23.0 Å². The number of fused-ring (bicyclic) bond motifs is 7. The average molecular weight is 448 g/mol. The van der Waals surface area contributed by atoms with Crippen molar-refractivity contribution >= 4 is 11.5 Å². The Hall–Kier alpha value is -2.07. The summed E-state index contributed by atoms with van der Waals surface area (Å²) < 4.78 is 11.6. The molecule has 4 unspecified atom stereocenters. The Morgan fingerprint density at radius 2 is 2.09 bits per heavy atom. The Balaban J connectivity index is 1.33. The lowest BCUT2D eigenvalue weighted by Gasteiger charge is -2.51. The molecule has 3 aliphatic heterocycles. The SMILES string of the molecule is CCCCOC(=O)C1=CO[C@@H](C)C2CN3CCC4=C(C[C@H]5CCC5c5ccccc54)C3CC12. The molecule has 3 heterocycles. The molecule has 0 amide bonds. The fourth-order valence-electron chi connectivity index (χ4n) is 7.28. The molecule has 0 bridgehead atoms. The Labute approximate surface area is 198 Å². The number of carbonyl (C=O) groups is 1. The molecule has 4 heteroatoms. The Kier molecular flexibility index (Phi) is 5.60. The van der Waals surface area contributed by atoms with Crippen LogP contribution < -0.4 is 0 Å². The maximum Gasteiger partial charge on any atom is 0.337 e. The summed E-state index contributed by atoms with van der Waals surface area (Å²) in [5.41, 5.74) is 7.20. The number of esters is 1. The maximum atomic E-state index is 13.0. The van der Waals surface area contributed by atoms with Crippen LogP contribution in [0.2, 0.25) is 0 Å². The molecule has 5 aliphatic rings. The first-order chi connectivity index (χ1) is 16.2. The van der Waals surface area contributed by atoms with Gasteiger partial charge in [0.25, 0.3) is 0 Å². The largest absolute Gasteiger partial charge is 0.497 e. The van der Waals surface area contributed by atoms with E-state index in [1.807, 2.05) is 0 Å². The van der Waals surface area contributed by atoms with E-state index in [9.17, 15) is 4.79 Å². The first kappa shape index (κ1) is 21.5. The zero-order valence-electron chi connectivity index (χ0n) is 20.1. The van der Waals surface area contributed by atoms with E-state index in [0.717, 1.165) is 56.2 Å². The van der Waals surface area contributed by atoms with Crippen LogP contribution >= 0.6 is 0 Å². The third-order valence-electron chi connectivity index (χ3n) is 9.28. The van der Waals surface area contributed by atoms with Gasteiger partial charge in [-0.3, -0.25) is 4.90 Å². The lowest BCUT2D eigenvalue weighted by atomic mass is 9.66. The van der Waals surface area contributed by atoms with E-state index < -0.39 is 0 Å². The predicted molar refractivity (Wildman–Crippen MR) is 130 cm³/mol. The van der Waals surface area contributed by atoms with Gasteiger partial charge in [-0.15, -0.1) is 0 Å². The van der Waals surface area contributed by atoms with E-state index in [-0.39, 0.29) is 18.0 Å². The standard InChI is InChI=1S/C29H37NO3/c1-3-4-13-32-29(31)27-17-33-18(2)26-16-30-12-11-23-22-8-6-5-7-21(22)20-10-9-19(20)14-25(23)28(30)15-24(26)27/h5-8,17-20,24,26,28H,3-4,9-16H2,1-2H3/t18-,19+,20?,24?,26?,28?/m0/s1. The molecule has 2 fully saturated rings. The summed E-state index contributed by atoms with van der Waals surface area (Å²) in [7, 11) is 0. The number of benzene rings is 1. The van der Waals surface area contributed by atoms with Crippen LogP contribution in [0.3, 0.4) is 0 Å². The number of nitrogens with zero attached hydrogens (tertiary/aromatic N) is 1. The molecule has 0 spiro atoms. The third-order valence-corrected chi connectivity index (χ3v) is 9.28. The second-order valence-corrected chi connectivity index (χ2v) is 10.9. The van der Waals surface area contributed by atoms with E-state index in [1.165, 1.54) is 24.8 Å². The second-order valence-electron chi connectivity index (χ2n) is 10.9. The van der Waals surface area contributed by atoms with Gasteiger partial charge >= 0.3 is 5.97 Å². The number of ether oxygens (including phenoxy) is 2. The first-order valence-corrected chi connectivity index (χ1v) is 13.2. The first-order valence-electron chi connectivity index (χ1n) is 13.2. The summed E-state index contributed by atoms with van der Waals surface area (Å²) in [6.45, 7) is 6.93. The van der Waals surface area contributed by atoms with Crippen molar-refractivity contribution in [3.05, 3.63) is 52.8 Å². The molecule has 0 N–H and O–H groups in total. The van der Waals surface area contributed by atoms with Gasteiger partial charge in [0.1, 0.15) is 0 Å². The quantitative estimate of drug-likeness (QED) is 0.439. The van der Waals surface area contributed by atoms with Gasteiger partial charge in [0, 0.05) is 31.0 Å². The van der Waals surface area contributed by atoms with E-state index in [2.05, 4.69) is 43.0 Å². The van der Waals surface area contributed by atoms with Gasteiger partial charge in [-0.25, -0.2) is 4.79 Å². The molecule has 2 aliphatic carbocycles. The number of rotatable bonds is 4. The Bertz CT molecular complexity index is 994. The Morgan fingerprint density at radius 3 is 2.91 bits per heavy atom. The minimum atomic E-state index is -0.158. The highest BCUT2D eigenvalue weighted by Crippen LogP contribution is 2.55. The molecule has 176 valence electrons. The van der Waals surface area contributed by atoms with Crippen LogP contribution in [0.4, 0.5) is 0 Å². The van der Waals surface area contributed by atoms with Gasteiger partial charge in [-0.1, -0.05) is 37.6 Å². The molecule has 1 aromatic carbocycles. The molecule has 1 aromatic rings. The molecule has 1 saturated carbocycles. The van der Waals surface area contributed by atoms with Crippen LogP contribution in [-0.2, 0) is 14.3 Å². The summed E-state index contributed by atoms with van der Waals surface area (Å²) >= 11 is 0. The maximum absolute atomic E-state index is 13.0. The molecule has 6 rings (SSSR count).